The van der Waals surface area contributed by atoms with E-state index in [9.17, 15) is 0 Å². The van der Waals surface area contributed by atoms with E-state index in [0.717, 1.165) is 0 Å². The van der Waals surface area contributed by atoms with Gasteiger partial charge in [0.2, 0.25) is 0 Å². The first-order valence-corrected chi connectivity index (χ1v) is 1.61. The van der Waals surface area contributed by atoms with Gasteiger partial charge in [-0.25, -0.2) is 0 Å². The minimum absolute atomic E-state index is 0.528. The van der Waals surface area contributed by atoms with E-state index in [4.69, 9.17) is 0 Å². The molecule has 0 bridgehead atoms. The molecule has 0 N–H and O–H groups in total. The normalized spacial score (nSPS) is 18.7. The molecule has 1 aliphatic heterocycles. The molecule has 0 saturated carbocycles. The zero-order valence-corrected chi connectivity index (χ0v) is 3.13. The first-order valence-electron chi connectivity index (χ1n) is 1.61. The second-order valence-electron chi connectivity index (χ2n) is 0.823. The van der Waals surface area contributed by atoms with Crippen molar-refractivity contribution >= 4 is 13.9 Å². The van der Waals surface area contributed by atoms with Crippen LogP contribution in [0.1, 0.15) is 0 Å². The van der Waals surface area contributed by atoms with E-state index in [1.807, 2.05) is 0 Å². The molecule has 0 unspecified atom stereocenters. The Labute approximate surface area is 36.2 Å². The van der Waals surface area contributed by atoms with Gasteiger partial charge in [-0.15, -0.1) is 5.16 Å². The van der Waals surface area contributed by atoms with Crippen molar-refractivity contribution in [3.05, 3.63) is 0 Å². The van der Waals surface area contributed by atoms with E-state index in [1.165, 1.54) is 7.69 Å². The summed E-state index contributed by atoms with van der Waals surface area (Å²) >= 11 is 0. The van der Waals surface area contributed by atoms with Crippen LogP contribution >= 0.6 is 0 Å². The summed E-state index contributed by atoms with van der Waals surface area (Å²) in [5.41, 5.74) is 0. The van der Waals surface area contributed by atoms with Crippen LogP contribution in [0.15, 0.2) is 5.16 Å². The average Bonchev–Trinajstić information content (AvgIpc) is 1.72. The number of oxime groups is 1. The smallest absolute Gasteiger partial charge is 0.432 e. The predicted molar refractivity (Wildman–Crippen MR) is 21.3 cm³/mol. The lowest BCUT2D eigenvalue weighted by molar-refractivity contribution is 0.234. The fourth-order valence-electron chi connectivity index (χ4n) is 0.211. The summed E-state index contributed by atoms with van der Waals surface area (Å²) in [6, 6.07) is 0. The summed E-state index contributed by atoms with van der Waals surface area (Å²) in [5.74, 6) is 0. The quantitative estimate of drug-likeness (QED) is 0.372. The highest BCUT2D eigenvalue weighted by molar-refractivity contribution is 6.18. The van der Waals surface area contributed by atoms with Gasteiger partial charge in [-0.3, -0.25) is 0 Å². The number of nitrogens with zero attached hydrogens (tertiary/aromatic N) is 1. The molecule has 0 saturated heterocycles. The Bertz CT molecular complexity index is 56.6. The highest BCUT2D eigenvalue weighted by Gasteiger charge is 1.94. The molecule has 0 spiro atoms. The van der Waals surface area contributed by atoms with Gasteiger partial charge in [-0.1, -0.05) is 0 Å². The van der Waals surface area contributed by atoms with Crippen LogP contribution in [0, 0.1) is 0 Å². The molecular formula is C2H3BNO2. The predicted octanol–water partition coefficient (Wildman–Crippen LogP) is -0.447. The molecule has 0 aromatic rings. The summed E-state index contributed by atoms with van der Waals surface area (Å²) in [7, 11) is 1.19. The molecule has 6 heavy (non-hydrogen) atoms. The van der Waals surface area contributed by atoms with Crippen molar-refractivity contribution < 1.29 is 9.41 Å². The van der Waals surface area contributed by atoms with Crippen molar-refractivity contribution in [2.24, 2.45) is 5.16 Å². The van der Waals surface area contributed by atoms with Crippen LogP contribution in [-0.4, -0.2) is 20.5 Å². The molecular weight excluding hydrogens is 80.8 g/mol. The van der Waals surface area contributed by atoms with E-state index < -0.39 is 0 Å². The van der Waals surface area contributed by atoms with Gasteiger partial charge in [0.05, 0.1) is 12.8 Å². The van der Waals surface area contributed by atoms with Gasteiger partial charge in [0.15, 0.2) is 0 Å². The largest absolute Gasteiger partial charge is 0.597 e. The topological polar surface area (TPSA) is 30.8 Å². The maximum Gasteiger partial charge on any atom is 0.597 e. The van der Waals surface area contributed by atoms with Crippen molar-refractivity contribution in [3.63, 3.8) is 0 Å². The Kier molecular flexibility index (Phi) is 1.11. The first-order chi connectivity index (χ1) is 3.00. The summed E-state index contributed by atoms with van der Waals surface area (Å²) in [6.45, 7) is 0.528. The standard InChI is InChI=1S/C2H3BNO2/c1-2-5-3-6-4-1/h1H,2H2. The average molecular weight is 83.9 g/mol. The lowest BCUT2D eigenvalue weighted by Crippen LogP contribution is -2.08. The molecule has 0 atom stereocenters. The van der Waals surface area contributed by atoms with Crippen molar-refractivity contribution in [2.45, 2.75) is 0 Å². The fourth-order valence-corrected chi connectivity index (χ4v) is 0.211. The Hall–Kier alpha value is -0.505. The summed E-state index contributed by atoms with van der Waals surface area (Å²) < 4.78 is 8.86. The van der Waals surface area contributed by atoms with Crippen LogP contribution in [0.2, 0.25) is 0 Å². The molecule has 0 aromatic heterocycles. The van der Waals surface area contributed by atoms with Crippen LogP contribution < -0.4 is 0 Å². The lowest BCUT2D eigenvalue weighted by atomic mass is 10.4. The molecule has 0 fully saturated rings. The van der Waals surface area contributed by atoms with Gasteiger partial charge in [0.1, 0.15) is 0 Å². The zero-order chi connectivity index (χ0) is 4.24. The first kappa shape index (κ1) is 3.68. The highest BCUT2D eigenvalue weighted by Crippen LogP contribution is 1.78. The zero-order valence-electron chi connectivity index (χ0n) is 3.13. The molecule has 0 aromatic carbocycles. The third kappa shape index (κ3) is 0.720. The molecule has 0 aliphatic carbocycles. The van der Waals surface area contributed by atoms with E-state index in [0.29, 0.717) is 6.61 Å². The van der Waals surface area contributed by atoms with Crippen molar-refractivity contribution in [3.8, 4) is 0 Å². The second kappa shape index (κ2) is 1.82. The van der Waals surface area contributed by atoms with Gasteiger partial charge in [-0.05, 0) is 0 Å². The van der Waals surface area contributed by atoms with Gasteiger partial charge in [-0.2, -0.15) is 0 Å². The molecule has 1 heterocycles. The van der Waals surface area contributed by atoms with Crippen LogP contribution in [0.25, 0.3) is 0 Å². The summed E-state index contributed by atoms with van der Waals surface area (Å²) in [4.78, 5) is 0. The number of hydrogen-bond donors (Lipinski definition) is 0. The van der Waals surface area contributed by atoms with Gasteiger partial charge in [0.25, 0.3) is 0 Å². The summed E-state index contributed by atoms with van der Waals surface area (Å²) in [6.07, 6.45) is 1.54. The van der Waals surface area contributed by atoms with Crippen molar-refractivity contribution in [1.82, 2.24) is 0 Å². The van der Waals surface area contributed by atoms with Crippen LogP contribution in [0.4, 0.5) is 0 Å². The minimum Gasteiger partial charge on any atom is -0.432 e. The van der Waals surface area contributed by atoms with Gasteiger partial charge in [0, 0.05) is 0 Å². The van der Waals surface area contributed by atoms with Crippen LogP contribution in [0.3, 0.4) is 0 Å². The summed E-state index contributed by atoms with van der Waals surface area (Å²) in [5, 5.41) is 3.37. The molecule has 1 radical (unpaired) electrons. The highest BCUT2D eigenvalue weighted by atomic mass is 16.7. The molecule has 3 nitrogen and oxygen atoms in total. The van der Waals surface area contributed by atoms with Crippen molar-refractivity contribution in [1.29, 1.82) is 0 Å². The van der Waals surface area contributed by atoms with E-state index in [2.05, 4.69) is 14.6 Å². The van der Waals surface area contributed by atoms with Gasteiger partial charge < -0.3 is 9.41 Å². The minimum atomic E-state index is 0.528. The maximum absolute atomic E-state index is 4.57. The van der Waals surface area contributed by atoms with E-state index >= 15 is 0 Å². The van der Waals surface area contributed by atoms with E-state index in [1.54, 1.807) is 6.21 Å². The second-order valence-corrected chi connectivity index (χ2v) is 0.823. The Balaban J connectivity index is 2.26. The van der Waals surface area contributed by atoms with Crippen LogP contribution in [-0.2, 0) is 9.41 Å². The van der Waals surface area contributed by atoms with E-state index in [-0.39, 0.29) is 0 Å². The SMILES string of the molecule is [B]1OCC=NO1. The molecule has 0 amide bonds. The van der Waals surface area contributed by atoms with Crippen molar-refractivity contribution in [2.75, 3.05) is 6.61 Å². The van der Waals surface area contributed by atoms with Crippen LogP contribution in [0.5, 0.6) is 0 Å². The monoisotopic (exact) mass is 84.0 g/mol. The number of hydrogen-bond acceptors (Lipinski definition) is 3. The third-order valence-corrected chi connectivity index (χ3v) is 0.417. The molecule has 4 heteroatoms. The molecule has 1 aliphatic rings. The lowest BCUT2D eigenvalue weighted by Gasteiger charge is -1.98. The third-order valence-electron chi connectivity index (χ3n) is 0.417. The molecule has 31 valence electrons. The maximum atomic E-state index is 4.57. The Morgan fingerprint density at radius 3 is 3.00 bits per heavy atom. The Morgan fingerprint density at radius 2 is 2.83 bits per heavy atom. The molecule has 1 rings (SSSR count). The fraction of sp³-hybridized carbons (Fsp3) is 0.500. The Morgan fingerprint density at radius 1 is 1.83 bits per heavy atom. The van der Waals surface area contributed by atoms with Gasteiger partial charge >= 0.3 is 7.69 Å². The number of rotatable bonds is 0.